The topological polar surface area (TPSA) is 15.3 Å². The third-order valence-electron chi connectivity index (χ3n) is 4.52. The van der Waals surface area contributed by atoms with Gasteiger partial charge in [0.25, 0.3) is 0 Å². The highest BCUT2D eigenvalue weighted by atomic mass is 35.5. The summed E-state index contributed by atoms with van der Waals surface area (Å²) in [5.74, 6) is 0. The number of hydrogen-bond acceptors (Lipinski definition) is 2. The van der Waals surface area contributed by atoms with Crippen molar-refractivity contribution in [2.75, 3.05) is 19.6 Å². The molecule has 1 aliphatic heterocycles. The first-order valence-electron chi connectivity index (χ1n) is 7.90. The second-order valence-corrected chi connectivity index (χ2v) is 7.16. The number of likely N-dealkylation sites (tertiary alicyclic amines) is 1. The Labute approximate surface area is 138 Å². The van der Waals surface area contributed by atoms with Gasteiger partial charge in [0.1, 0.15) is 0 Å². The third kappa shape index (κ3) is 3.73. The van der Waals surface area contributed by atoms with Crippen LogP contribution in [0.2, 0.25) is 10.0 Å². The molecule has 1 unspecified atom stereocenters. The third-order valence-corrected chi connectivity index (χ3v) is 5.35. The molecule has 2 rings (SSSR count). The maximum absolute atomic E-state index is 6.49. The van der Waals surface area contributed by atoms with Crippen LogP contribution in [0.3, 0.4) is 0 Å². The minimum atomic E-state index is 0.0139. The SMILES string of the molecule is CCCNC(c1cccc(Cl)c1Cl)C(C)(C)N1CCCC1. The van der Waals surface area contributed by atoms with Gasteiger partial charge in [-0.05, 0) is 64.4 Å². The van der Waals surface area contributed by atoms with Crippen molar-refractivity contribution in [1.29, 1.82) is 0 Å². The van der Waals surface area contributed by atoms with E-state index >= 15 is 0 Å². The van der Waals surface area contributed by atoms with E-state index in [0.29, 0.717) is 10.0 Å². The van der Waals surface area contributed by atoms with Crippen molar-refractivity contribution >= 4 is 23.2 Å². The Kier molecular flexibility index (Phi) is 5.96. The van der Waals surface area contributed by atoms with Crippen LogP contribution in [0.25, 0.3) is 0 Å². The van der Waals surface area contributed by atoms with E-state index in [1.54, 1.807) is 0 Å². The lowest BCUT2D eigenvalue weighted by Crippen LogP contribution is -2.51. The second-order valence-electron chi connectivity index (χ2n) is 6.38. The first-order valence-corrected chi connectivity index (χ1v) is 8.66. The summed E-state index contributed by atoms with van der Waals surface area (Å²) in [4.78, 5) is 2.57. The van der Waals surface area contributed by atoms with Crippen molar-refractivity contribution < 1.29 is 0 Å². The highest BCUT2D eigenvalue weighted by molar-refractivity contribution is 6.42. The molecule has 0 radical (unpaired) electrons. The highest BCUT2D eigenvalue weighted by Gasteiger charge is 2.38. The van der Waals surface area contributed by atoms with Gasteiger partial charge in [-0.3, -0.25) is 4.90 Å². The van der Waals surface area contributed by atoms with Gasteiger partial charge >= 0.3 is 0 Å². The fourth-order valence-electron chi connectivity index (χ4n) is 3.25. The molecule has 1 aliphatic rings. The molecule has 0 bridgehead atoms. The molecule has 1 saturated heterocycles. The summed E-state index contributed by atoms with van der Waals surface area (Å²) in [7, 11) is 0. The van der Waals surface area contributed by atoms with Crippen molar-refractivity contribution in [1.82, 2.24) is 10.2 Å². The van der Waals surface area contributed by atoms with Gasteiger partial charge < -0.3 is 5.32 Å². The molecule has 1 aromatic carbocycles. The van der Waals surface area contributed by atoms with Gasteiger partial charge in [0.05, 0.1) is 16.1 Å². The molecule has 0 spiro atoms. The Morgan fingerprint density at radius 2 is 1.90 bits per heavy atom. The van der Waals surface area contributed by atoms with Gasteiger partial charge in [-0.1, -0.05) is 42.3 Å². The maximum Gasteiger partial charge on any atom is 0.0640 e. The van der Waals surface area contributed by atoms with E-state index in [0.717, 1.165) is 31.6 Å². The Bertz CT molecular complexity index is 468. The first-order chi connectivity index (χ1) is 9.98. The molecular formula is C17H26Cl2N2. The molecule has 0 saturated carbocycles. The molecule has 0 aromatic heterocycles. The zero-order chi connectivity index (χ0) is 15.5. The van der Waals surface area contributed by atoms with Gasteiger partial charge in [0, 0.05) is 5.54 Å². The van der Waals surface area contributed by atoms with Gasteiger partial charge in [0.2, 0.25) is 0 Å². The van der Waals surface area contributed by atoms with E-state index < -0.39 is 0 Å². The lowest BCUT2D eigenvalue weighted by Gasteiger charge is -2.43. The molecule has 4 heteroatoms. The molecule has 1 fully saturated rings. The predicted molar refractivity (Wildman–Crippen MR) is 92.4 cm³/mol. The average Bonchev–Trinajstić information content (AvgIpc) is 2.98. The van der Waals surface area contributed by atoms with E-state index in [-0.39, 0.29) is 11.6 Å². The van der Waals surface area contributed by atoms with Crippen LogP contribution in [0.15, 0.2) is 18.2 Å². The molecule has 0 amide bonds. The smallest absolute Gasteiger partial charge is 0.0640 e. The summed E-state index contributed by atoms with van der Waals surface area (Å²) in [5.41, 5.74) is 1.12. The molecule has 1 aromatic rings. The lowest BCUT2D eigenvalue weighted by atomic mass is 9.86. The fourth-order valence-corrected chi connectivity index (χ4v) is 3.67. The van der Waals surface area contributed by atoms with E-state index in [2.05, 4.69) is 37.1 Å². The van der Waals surface area contributed by atoms with Gasteiger partial charge in [-0.25, -0.2) is 0 Å². The van der Waals surface area contributed by atoms with Crippen molar-refractivity contribution in [2.24, 2.45) is 0 Å². The molecule has 2 nitrogen and oxygen atoms in total. The predicted octanol–water partition coefficient (Wildman–Crippen LogP) is 4.91. The molecule has 0 aliphatic carbocycles. The zero-order valence-electron chi connectivity index (χ0n) is 13.3. The summed E-state index contributed by atoms with van der Waals surface area (Å²) >= 11 is 12.7. The number of nitrogens with zero attached hydrogens (tertiary/aromatic N) is 1. The van der Waals surface area contributed by atoms with Crippen LogP contribution in [0.4, 0.5) is 0 Å². The summed E-state index contributed by atoms with van der Waals surface area (Å²) in [6.07, 6.45) is 3.67. The molecule has 21 heavy (non-hydrogen) atoms. The summed E-state index contributed by atoms with van der Waals surface area (Å²) in [6, 6.07) is 6.12. The largest absolute Gasteiger partial charge is 0.308 e. The molecule has 1 atom stereocenters. The van der Waals surface area contributed by atoms with E-state index in [9.17, 15) is 0 Å². The Hall–Kier alpha value is -0.280. The van der Waals surface area contributed by atoms with Gasteiger partial charge in [-0.2, -0.15) is 0 Å². The van der Waals surface area contributed by atoms with Crippen molar-refractivity contribution in [3.05, 3.63) is 33.8 Å². The van der Waals surface area contributed by atoms with E-state index in [1.165, 1.54) is 12.8 Å². The van der Waals surface area contributed by atoms with E-state index in [4.69, 9.17) is 23.2 Å². The zero-order valence-corrected chi connectivity index (χ0v) is 14.8. The number of rotatable bonds is 6. The Morgan fingerprint density at radius 1 is 1.24 bits per heavy atom. The first kappa shape index (κ1) is 17.1. The van der Waals surface area contributed by atoms with Crippen LogP contribution in [-0.2, 0) is 0 Å². The van der Waals surface area contributed by atoms with Gasteiger partial charge in [0.15, 0.2) is 0 Å². The van der Waals surface area contributed by atoms with Crippen LogP contribution in [0.5, 0.6) is 0 Å². The number of nitrogens with one attached hydrogen (secondary N) is 1. The van der Waals surface area contributed by atoms with Crippen LogP contribution in [0.1, 0.15) is 51.6 Å². The molecular weight excluding hydrogens is 303 g/mol. The summed E-state index contributed by atoms with van der Waals surface area (Å²) < 4.78 is 0. The fraction of sp³-hybridized carbons (Fsp3) is 0.647. The molecule has 118 valence electrons. The molecule has 1 N–H and O–H groups in total. The van der Waals surface area contributed by atoms with Crippen molar-refractivity contribution in [3.8, 4) is 0 Å². The number of benzene rings is 1. The normalized spacial score (nSPS) is 18.1. The highest BCUT2D eigenvalue weighted by Crippen LogP contribution is 2.38. The molecule has 1 heterocycles. The standard InChI is InChI=1S/C17H26Cl2N2/c1-4-10-20-16(13-8-7-9-14(18)15(13)19)17(2,3)21-11-5-6-12-21/h7-9,16,20H,4-6,10-12H2,1-3H3. The van der Waals surface area contributed by atoms with Crippen LogP contribution in [-0.4, -0.2) is 30.1 Å². The van der Waals surface area contributed by atoms with E-state index in [1.807, 2.05) is 12.1 Å². The van der Waals surface area contributed by atoms with Crippen LogP contribution in [0, 0.1) is 0 Å². The van der Waals surface area contributed by atoms with Crippen LogP contribution >= 0.6 is 23.2 Å². The maximum atomic E-state index is 6.49. The quantitative estimate of drug-likeness (QED) is 0.798. The second kappa shape index (κ2) is 7.32. The van der Waals surface area contributed by atoms with Gasteiger partial charge in [-0.15, -0.1) is 0 Å². The monoisotopic (exact) mass is 328 g/mol. The lowest BCUT2D eigenvalue weighted by molar-refractivity contribution is 0.107. The van der Waals surface area contributed by atoms with Crippen LogP contribution < -0.4 is 5.32 Å². The summed E-state index contributed by atoms with van der Waals surface area (Å²) in [5, 5.41) is 5.00. The Morgan fingerprint density at radius 3 is 2.52 bits per heavy atom. The van der Waals surface area contributed by atoms with Crippen molar-refractivity contribution in [3.63, 3.8) is 0 Å². The minimum absolute atomic E-state index is 0.0139. The summed E-state index contributed by atoms with van der Waals surface area (Å²) in [6.45, 7) is 10.1. The average molecular weight is 329 g/mol. The van der Waals surface area contributed by atoms with Crippen molar-refractivity contribution in [2.45, 2.75) is 51.6 Å². The Balaban J connectivity index is 2.35. The number of halogens is 2. The number of hydrogen-bond donors (Lipinski definition) is 1. The minimum Gasteiger partial charge on any atom is -0.308 e.